The van der Waals surface area contributed by atoms with Gasteiger partial charge in [0.2, 0.25) is 11.8 Å². The highest BCUT2D eigenvalue weighted by Gasteiger charge is 2.59. The minimum atomic E-state index is -0.220. The Balaban J connectivity index is 1.70. The Labute approximate surface area is 120 Å². The zero-order valence-electron chi connectivity index (χ0n) is 10.7. The van der Waals surface area contributed by atoms with Crippen molar-refractivity contribution in [2.75, 3.05) is 18.6 Å². The van der Waals surface area contributed by atoms with E-state index in [1.54, 1.807) is 13.3 Å². The van der Waals surface area contributed by atoms with Crippen molar-refractivity contribution in [3.05, 3.63) is 10.7 Å². The van der Waals surface area contributed by atoms with E-state index in [0.717, 1.165) is 17.4 Å². The van der Waals surface area contributed by atoms with Gasteiger partial charge in [-0.05, 0) is 46.5 Å². The molecule has 5 atom stereocenters. The molecule has 5 nitrogen and oxygen atoms in total. The zero-order valence-corrected chi connectivity index (χ0v) is 12.2. The molecular formula is C13H16BrN3O2. The van der Waals surface area contributed by atoms with E-state index >= 15 is 0 Å². The number of fused-ring (bicyclic) bond motifs is 1. The number of aromatic nitrogens is 2. The van der Waals surface area contributed by atoms with Gasteiger partial charge >= 0.3 is 0 Å². The van der Waals surface area contributed by atoms with Gasteiger partial charge in [-0.25, -0.2) is 4.98 Å². The SMILES string of the molecule is COc1nc(N2CC3CC4CC3C2C4O)ncc1Br. The predicted molar refractivity (Wildman–Crippen MR) is 73.1 cm³/mol. The number of hydrogen-bond donors (Lipinski definition) is 1. The lowest BCUT2D eigenvalue weighted by Crippen LogP contribution is -2.41. The van der Waals surface area contributed by atoms with Crippen molar-refractivity contribution >= 4 is 21.9 Å². The zero-order chi connectivity index (χ0) is 13.1. The summed E-state index contributed by atoms with van der Waals surface area (Å²) in [5, 5.41) is 10.4. The van der Waals surface area contributed by atoms with Crippen LogP contribution in [0.25, 0.3) is 0 Å². The molecule has 2 heterocycles. The Hall–Kier alpha value is -0.880. The van der Waals surface area contributed by atoms with Crippen LogP contribution in [0.2, 0.25) is 0 Å². The van der Waals surface area contributed by atoms with E-state index in [0.29, 0.717) is 29.6 Å². The molecular weight excluding hydrogens is 310 g/mol. The van der Waals surface area contributed by atoms with Crippen LogP contribution in [0.5, 0.6) is 5.88 Å². The summed E-state index contributed by atoms with van der Waals surface area (Å²) in [4.78, 5) is 11.0. The third kappa shape index (κ3) is 1.56. The lowest BCUT2D eigenvalue weighted by atomic mass is 9.88. The topological polar surface area (TPSA) is 58.5 Å². The molecule has 3 aliphatic rings. The highest BCUT2D eigenvalue weighted by Crippen LogP contribution is 2.55. The fourth-order valence-corrected chi connectivity index (χ4v) is 4.62. The van der Waals surface area contributed by atoms with Crippen LogP contribution in [-0.4, -0.2) is 40.9 Å². The molecule has 5 unspecified atom stereocenters. The number of methoxy groups -OCH3 is 1. The van der Waals surface area contributed by atoms with Crippen LogP contribution in [0.15, 0.2) is 10.7 Å². The molecule has 2 aliphatic carbocycles. The highest BCUT2D eigenvalue weighted by atomic mass is 79.9. The number of aliphatic hydroxyl groups excluding tert-OH is 1. The van der Waals surface area contributed by atoms with Crippen molar-refractivity contribution in [3.8, 4) is 5.88 Å². The minimum Gasteiger partial charge on any atom is -0.480 e. The molecule has 19 heavy (non-hydrogen) atoms. The second kappa shape index (κ2) is 4.06. The Morgan fingerprint density at radius 2 is 2.26 bits per heavy atom. The van der Waals surface area contributed by atoms with Gasteiger partial charge < -0.3 is 14.7 Å². The number of halogens is 1. The molecule has 1 N–H and O–H groups in total. The molecule has 1 aromatic heterocycles. The number of ether oxygens (including phenoxy) is 1. The van der Waals surface area contributed by atoms with Gasteiger partial charge in [0.1, 0.15) is 0 Å². The molecule has 0 radical (unpaired) electrons. The van der Waals surface area contributed by atoms with E-state index in [4.69, 9.17) is 4.74 Å². The fraction of sp³-hybridized carbons (Fsp3) is 0.692. The largest absolute Gasteiger partial charge is 0.480 e. The van der Waals surface area contributed by atoms with Crippen LogP contribution >= 0.6 is 15.9 Å². The van der Waals surface area contributed by atoms with E-state index in [1.165, 1.54) is 6.42 Å². The van der Waals surface area contributed by atoms with Gasteiger partial charge in [0.05, 0.1) is 29.9 Å². The first kappa shape index (κ1) is 11.9. The van der Waals surface area contributed by atoms with Gasteiger partial charge in [0, 0.05) is 6.54 Å². The summed E-state index contributed by atoms with van der Waals surface area (Å²) in [6.45, 7) is 0.966. The molecule has 1 aliphatic heterocycles. The lowest BCUT2D eigenvalue weighted by Gasteiger charge is -2.28. The first-order chi connectivity index (χ1) is 9.19. The van der Waals surface area contributed by atoms with Crippen molar-refractivity contribution in [3.63, 3.8) is 0 Å². The van der Waals surface area contributed by atoms with Crippen LogP contribution < -0.4 is 9.64 Å². The van der Waals surface area contributed by atoms with Gasteiger partial charge in [-0.15, -0.1) is 0 Å². The molecule has 2 saturated carbocycles. The standard InChI is InChI=1S/C13H16BrN3O2/c1-19-12-9(14)4-15-13(16-12)17-5-7-2-6-3-8(7)10(17)11(6)18/h4,6-8,10-11,18H,2-3,5H2,1H3. The van der Waals surface area contributed by atoms with Crippen molar-refractivity contribution in [2.24, 2.45) is 17.8 Å². The normalized spacial score (nSPS) is 39.1. The number of rotatable bonds is 2. The summed E-state index contributed by atoms with van der Waals surface area (Å²) in [6.07, 6.45) is 3.83. The molecule has 4 rings (SSSR count). The van der Waals surface area contributed by atoms with Crippen molar-refractivity contribution in [1.82, 2.24) is 9.97 Å². The number of hydrogen-bond acceptors (Lipinski definition) is 5. The molecule has 1 saturated heterocycles. The molecule has 0 amide bonds. The summed E-state index contributed by atoms with van der Waals surface area (Å²) >= 11 is 3.37. The monoisotopic (exact) mass is 325 g/mol. The first-order valence-electron chi connectivity index (χ1n) is 6.70. The molecule has 0 aromatic carbocycles. The summed E-state index contributed by atoms with van der Waals surface area (Å²) in [5.74, 6) is 3.05. The summed E-state index contributed by atoms with van der Waals surface area (Å²) in [5.41, 5.74) is 0. The van der Waals surface area contributed by atoms with Gasteiger partial charge in [0.25, 0.3) is 0 Å². The maximum Gasteiger partial charge on any atom is 0.232 e. The van der Waals surface area contributed by atoms with Crippen LogP contribution in [0, 0.1) is 17.8 Å². The summed E-state index contributed by atoms with van der Waals surface area (Å²) in [6, 6.07) is 0.203. The van der Waals surface area contributed by atoms with E-state index in [9.17, 15) is 5.11 Å². The van der Waals surface area contributed by atoms with Crippen LogP contribution in [0.4, 0.5) is 5.95 Å². The lowest BCUT2D eigenvalue weighted by molar-refractivity contribution is 0.0963. The average molecular weight is 326 g/mol. The van der Waals surface area contributed by atoms with E-state index in [2.05, 4.69) is 30.8 Å². The molecule has 3 fully saturated rings. The van der Waals surface area contributed by atoms with Gasteiger partial charge in [-0.2, -0.15) is 4.98 Å². The number of aliphatic hydroxyl groups is 1. The number of nitrogens with zero attached hydrogens (tertiary/aromatic N) is 3. The minimum absolute atomic E-state index is 0.203. The van der Waals surface area contributed by atoms with E-state index in [-0.39, 0.29) is 12.1 Å². The van der Waals surface area contributed by atoms with Crippen molar-refractivity contribution in [2.45, 2.75) is 25.0 Å². The smallest absolute Gasteiger partial charge is 0.232 e. The average Bonchev–Trinajstić information content (AvgIpc) is 3.01. The Bertz CT molecular complexity index is 525. The second-order valence-corrected chi connectivity index (χ2v) is 6.67. The predicted octanol–water partition coefficient (Wildman–Crippen LogP) is 1.45. The second-order valence-electron chi connectivity index (χ2n) is 5.82. The Kier molecular flexibility index (Phi) is 2.54. The van der Waals surface area contributed by atoms with Crippen molar-refractivity contribution in [1.29, 1.82) is 0 Å². The Morgan fingerprint density at radius 1 is 1.42 bits per heavy atom. The quantitative estimate of drug-likeness (QED) is 0.892. The van der Waals surface area contributed by atoms with Gasteiger partial charge in [0.15, 0.2) is 0 Å². The first-order valence-corrected chi connectivity index (χ1v) is 7.49. The maximum absolute atomic E-state index is 10.4. The van der Waals surface area contributed by atoms with Gasteiger partial charge in [-0.1, -0.05) is 0 Å². The van der Waals surface area contributed by atoms with E-state index in [1.807, 2.05) is 0 Å². The third-order valence-corrected chi connectivity index (χ3v) is 5.54. The molecule has 102 valence electrons. The van der Waals surface area contributed by atoms with Crippen LogP contribution in [0.1, 0.15) is 12.8 Å². The Morgan fingerprint density at radius 3 is 3.00 bits per heavy atom. The summed E-state index contributed by atoms with van der Waals surface area (Å²) < 4.78 is 5.99. The number of anilines is 1. The molecule has 1 aromatic rings. The molecule has 0 spiro atoms. The van der Waals surface area contributed by atoms with E-state index < -0.39 is 0 Å². The maximum atomic E-state index is 10.4. The molecule has 2 bridgehead atoms. The third-order valence-electron chi connectivity index (χ3n) is 5.00. The highest BCUT2D eigenvalue weighted by molar-refractivity contribution is 9.10. The fourth-order valence-electron chi connectivity index (χ4n) is 4.27. The summed E-state index contributed by atoms with van der Waals surface area (Å²) in [7, 11) is 1.60. The van der Waals surface area contributed by atoms with Crippen LogP contribution in [-0.2, 0) is 0 Å². The van der Waals surface area contributed by atoms with Gasteiger partial charge in [-0.3, -0.25) is 0 Å². The molecule has 6 heteroatoms. The van der Waals surface area contributed by atoms with Crippen LogP contribution in [0.3, 0.4) is 0 Å². The van der Waals surface area contributed by atoms with Crippen molar-refractivity contribution < 1.29 is 9.84 Å².